The van der Waals surface area contributed by atoms with Crippen molar-refractivity contribution in [3.05, 3.63) is 45.7 Å². The monoisotopic (exact) mass is 541 g/mol. The number of allylic oxidation sites excluding steroid dienone is 3. The molecule has 12 heteroatoms. The number of nitrogens with zero attached hydrogens (tertiary/aromatic N) is 3. The van der Waals surface area contributed by atoms with Crippen molar-refractivity contribution in [2.45, 2.75) is 39.8 Å². The molecular formula is C23H28ClN3O6S2. The van der Waals surface area contributed by atoms with Crippen LogP contribution in [0, 0.1) is 0 Å². The maximum Gasteiger partial charge on any atom is 0.339 e. The van der Waals surface area contributed by atoms with E-state index in [0.29, 0.717) is 42.5 Å². The van der Waals surface area contributed by atoms with Crippen molar-refractivity contribution in [2.24, 2.45) is 0 Å². The number of aryl methyl sites for hydroxylation is 2. The Morgan fingerprint density at radius 3 is 2.97 bits per heavy atom. The smallest absolute Gasteiger partial charge is 0.339 e. The molecule has 4 rings (SSSR count). The fourth-order valence-electron chi connectivity index (χ4n) is 4.47. The van der Waals surface area contributed by atoms with E-state index in [2.05, 4.69) is 42.5 Å². The number of imidazole rings is 1. The molecule has 1 aromatic heterocycles. The zero-order valence-corrected chi connectivity index (χ0v) is 22.0. The van der Waals surface area contributed by atoms with Gasteiger partial charge in [0.1, 0.15) is 0 Å². The Hall–Kier alpha value is -1.73. The van der Waals surface area contributed by atoms with Crippen molar-refractivity contribution in [3.63, 3.8) is 0 Å². The van der Waals surface area contributed by atoms with E-state index < -0.39 is 5.97 Å². The van der Waals surface area contributed by atoms with Crippen LogP contribution in [-0.4, -0.2) is 47.5 Å². The third kappa shape index (κ3) is 5.82. The molecule has 0 saturated carbocycles. The number of fused-ring (bicyclic) bond motifs is 3. The molecule has 1 aromatic carbocycles. The number of benzene rings is 1. The van der Waals surface area contributed by atoms with Gasteiger partial charge in [-0.25, -0.2) is 13.9 Å². The standard InChI is InChI=1S/C23H28ClN3O6S2/c1-3-25-11-13-34-21(25)7-6-16-8-10-27-20-15-18(24)17(23(28)30-4-2)14-19(20)26(22(16)27)9-5-12-31-35-33-32-29/h6-7,14-15H,3-5,8-13H2,1-2H3. The van der Waals surface area contributed by atoms with Crippen molar-refractivity contribution in [2.75, 3.05) is 32.1 Å². The Labute approximate surface area is 217 Å². The molecule has 0 aliphatic carbocycles. The summed E-state index contributed by atoms with van der Waals surface area (Å²) in [5.41, 5.74) is 3.45. The second-order valence-corrected chi connectivity index (χ2v) is 9.95. The van der Waals surface area contributed by atoms with Crippen LogP contribution < -0.4 is 9.82 Å². The van der Waals surface area contributed by atoms with Gasteiger partial charge in [-0.2, -0.15) is 0 Å². The van der Waals surface area contributed by atoms with Gasteiger partial charge in [0.25, 0.3) is 5.82 Å². The lowest BCUT2D eigenvalue weighted by Crippen LogP contribution is -2.32. The molecule has 9 nitrogen and oxygen atoms in total. The van der Waals surface area contributed by atoms with Crippen molar-refractivity contribution >= 4 is 58.3 Å². The highest BCUT2D eigenvalue weighted by Gasteiger charge is 2.34. The molecule has 0 atom stereocenters. The first-order chi connectivity index (χ1) is 17.1. The minimum atomic E-state index is -0.440. The van der Waals surface area contributed by atoms with E-state index in [0.717, 1.165) is 48.7 Å². The molecule has 190 valence electrons. The Kier molecular flexibility index (Phi) is 9.40. The number of thioether (sulfide) groups is 1. The highest BCUT2D eigenvalue weighted by atomic mass is 35.5. The number of esters is 1. The van der Waals surface area contributed by atoms with Crippen LogP contribution in [-0.2, 0) is 31.4 Å². The molecule has 2 aliphatic rings. The summed E-state index contributed by atoms with van der Waals surface area (Å²) < 4.78 is 19.0. The molecule has 2 aromatic rings. The molecule has 0 spiro atoms. The summed E-state index contributed by atoms with van der Waals surface area (Å²) in [7, 11) is 0. The van der Waals surface area contributed by atoms with Crippen molar-refractivity contribution in [1.29, 1.82) is 0 Å². The number of ether oxygens (including phenoxy) is 1. The molecule has 0 bridgehead atoms. The minimum absolute atomic E-state index is 0.276. The molecule has 0 radical (unpaired) electrons. The van der Waals surface area contributed by atoms with E-state index in [4.69, 9.17) is 20.5 Å². The second kappa shape index (κ2) is 12.5. The van der Waals surface area contributed by atoms with Crippen LogP contribution in [0.4, 0.5) is 0 Å². The summed E-state index contributed by atoms with van der Waals surface area (Å²) in [6.07, 6.45) is 5.98. The number of rotatable bonds is 11. The van der Waals surface area contributed by atoms with Crippen LogP contribution in [0.25, 0.3) is 16.6 Å². The topological polar surface area (TPSA) is 89.1 Å². The summed E-state index contributed by atoms with van der Waals surface area (Å²) in [6.45, 7) is 8.09. The van der Waals surface area contributed by atoms with Crippen LogP contribution in [0.15, 0.2) is 29.3 Å². The first kappa shape index (κ1) is 26.3. The molecule has 1 saturated heterocycles. The highest BCUT2D eigenvalue weighted by molar-refractivity contribution is 8.03. The zero-order chi connectivity index (χ0) is 24.8. The maximum absolute atomic E-state index is 12.5. The van der Waals surface area contributed by atoms with Crippen molar-refractivity contribution in [3.8, 4) is 0 Å². The summed E-state index contributed by atoms with van der Waals surface area (Å²) in [6, 6.07) is 3.66. The lowest BCUT2D eigenvalue weighted by Gasteiger charge is -2.15. The number of aromatic nitrogens is 2. The van der Waals surface area contributed by atoms with Gasteiger partial charge in [0.2, 0.25) is 0 Å². The number of hydrogen-bond donors (Lipinski definition) is 0. The third-order valence-electron chi connectivity index (χ3n) is 5.99. The fraction of sp³-hybridized carbons (Fsp3) is 0.478. The van der Waals surface area contributed by atoms with E-state index in [1.807, 2.05) is 23.9 Å². The fourth-order valence-corrected chi connectivity index (χ4v) is 6.04. The van der Waals surface area contributed by atoms with Gasteiger partial charge in [0, 0.05) is 49.4 Å². The summed E-state index contributed by atoms with van der Waals surface area (Å²) in [5, 5.41) is 14.9. The Bertz CT molecular complexity index is 1140. The van der Waals surface area contributed by atoms with Gasteiger partial charge in [0.15, 0.2) is 23.4 Å². The van der Waals surface area contributed by atoms with E-state index >= 15 is 0 Å². The van der Waals surface area contributed by atoms with Gasteiger partial charge >= 0.3 is 5.97 Å². The van der Waals surface area contributed by atoms with Gasteiger partial charge in [-0.15, -0.1) is 16.1 Å². The predicted molar refractivity (Wildman–Crippen MR) is 134 cm³/mol. The van der Waals surface area contributed by atoms with E-state index in [9.17, 15) is 10.1 Å². The van der Waals surface area contributed by atoms with Crippen molar-refractivity contribution < 1.29 is 32.9 Å². The first-order valence-electron chi connectivity index (χ1n) is 11.6. The highest BCUT2D eigenvalue weighted by Crippen LogP contribution is 2.33. The third-order valence-corrected chi connectivity index (χ3v) is 7.75. The molecule has 0 unspecified atom stereocenters. The molecule has 2 aliphatic heterocycles. The van der Waals surface area contributed by atoms with E-state index in [-0.39, 0.29) is 6.61 Å². The predicted octanol–water partition coefficient (Wildman–Crippen LogP) is 3.65. The van der Waals surface area contributed by atoms with E-state index in [1.54, 1.807) is 6.92 Å². The van der Waals surface area contributed by atoms with Crippen LogP contribution in [0.2, 0.25) is 5.02 Å². The van der Waals surface area contributed by atoms with Gasteiger partial charge in [-0.3, -0.25) is 9.22 Å². The number of hydrogen-bond acceptors (Lipinski definition) is 9. The average Bonchev–Trinajstić information content (AvgIpc) is 3.55. The normalized spacial score (nSPS) is 17.8. The van der Waals surface area contributed by atoms with Crippen molar-refractivity contribution in [1.82, 2.24) is 9.47 Å². The summed E-state index contributed by atoms with van der Waals surface area (Å²) in [5.74, 6) is 1.76. The number of carbonyl (C=O) groups is 1. The summed E-state index contributed by atoms with van der Waals surface area (Å²) >= 11 is 8.89. The molecule has 1 fully saturated rings. The number of halogens is 1. The number of carbonyl (C=O) groups excluding carboxylic acids is 1. The van der Waals surface area contributed by atoms with E-state index in [1.165, 1.54) is 10.6 Å². The minimum Gasteiger partial charge on any atom is -0.691 e. The average molecular weight is 542 g/mol. The Morgan fingerprint density at radius 2 is 2.20 bits per heavy atom. The Morgan fingerprint density at radius 1 is 1.34 bits per heavy atom. The van der Waals surface area contributed by atoms with Crippen LogP contribution >= 0.6 is 35.7 Å². The SMILES string of the molecule is CCOC(=O)c1cc2c(cc1Cl)[n+]1c(n2CCCOSOO[O-])C(=CC=C2SCCN2CC)CC1. The van der Waals surface area contributed by atoms with Gasteiger partial charge in [0.05, 0.1) is 41.9 Å². The molecule has 0 amide bonds. The van der Waals surface area contributed by atoms with Gasteiger partial charge < -0.3 is 14.9 Å². The lowest BCUT2D eigenvalue weighted by molar-refractivity contribution is -0.777. The maximum atomic E-state index is 12.5. The zero-order valence-electron chi connectivity index (χ0n) is 19.7. The van der Waals surface area contributed by atoms with Crippen LogP contribution in [0.3, 0.4) is 0 Å². The molecule has 3 heterocycles. The van der Waals surface area contributed by atoms with Crippen LogP contribution in [0.1, 0.15) is 42.9 Å². The van der Waals surface area contributed by atoms with Gasteiger partial charge in [-0.05, 0) is 26.0 Å². The second-order valence-electron chi connectivity index (χ2n) is 7.92. The first-order valence-corrected chi connectivity index (χ1v) is 13.6. The quantitative estimate of drug-likeness (QED) is 0.106. The Balaban J connectivity index is 1.71. The van der Waals surface area contributed by atoms with Gasteiger partial charge in [-0.1, -0.05) is 11.6 Å². The molecule has 35 heavy (non-hydrogen) atoms. The summed E-state index contributed by atoms with van der Waals surface area (Å²) in [4.78, 5) is 14.9. The largest absolute Gasteiger partial charge is 0.691 e. The molecule has 0 N–H and O–H groups in total. The lowest BCUT2D eigenvalue weighted by atomic mass is 10.1. The van der Waals surface area contributed by atoms with Crippen LogP contribution in [0.5, 0.6) is 0 Å². The molecular weight excluding hydrogens is 514 g/mol.